The van der Waals surface area contributed by atoms with Gasteiger partial charge in [-0.25, -0.2) is 4.39 Å². The molecule has 122 valence electrons. The predicted octanol–water partition coefficient (Wildman–Crippen LogP) is 1.84. The van der Waals surface area contributed by atoms with Crippen LogP contribution in [0.15, 0.2) is 24.3 Å². The summed E-state index contributed by atoms with van der Waals surface area (Å²) < 4.78 is 13.6. The highest BCUT2D eigenvalue weighted by atomic mass is 19.1. The lowest BCUT2D eigenvalue weighted by Crippen LogP contribution is -2.44. The maximum atomic E-state index is 13.6. The Morgan fingerprint density at radius 1 is 1.41 bits per heavy atom. The first kappa shape index (κ1) is 16.9. The Kier molecular flexibility index (Phi) is 5.91. The van der Waals surface area contributed by atoms with Gasteiger partial charge in [0.15, 0.2) is 0 Å². The predicted molar refractivity (Wildman–Crippen MR) is 85.7 cm³/mol. The number of benzene rings is 1. The van der Waals surface area contributed by atoms with Gasteiger partial charge in [-0.2, -0.15) is 0 Å². The van der Waals surface area contributed by atoms with E-state index in [2.05, 4.69) is 4.90 Å². The average Bonchev–Trinajstić information content (AvgIpc) is 2.50. The number of likely N-dealkylation sites (tertiary alicyclic amines) is 1. The van der Waals surface area contributed by atoms with E-state index in [0.29, 0.717) is 24.6 Å². The molecule has 0 spiro atoms. The first-order valence-electron chi connectivity index (χ1n) is 7.92. The van der Waals surface area contributed by atoms with Gasteiger partial charge >= 0.3 is 0 Å². The van der Waals surface area contributed by atoms with Crippen molar-refractivity contribution in [2.24, 2.45) is 11.7 Å². The Hall–Kier alpha value is -1.46. The normalized spacial score (nSPS) is 18.2. The number of hydrogen-bond acceptors (Lipinski definition) is 3. The highest BCUT2D eigenvalue weighted by Crippen LogP contribution is 2.19. The highest BCUT2D eigenvalue weighted by molar-refractivity contribution is 5.78. The maximum Gasteiger partial charge on any atom is 0.236 e. The first-order chi connectivity index (χ1) is 10.5. The van der Waals surface area contributed by atoms with E-state index in [9.17, 15) is 9.18 Å². The monoisotopic (exact) mass is 307 g/mol. The van der Waals surface area contributed by atoms with Crippen molar-refractivity contribution in [2.45, 2.75) is 32.4 Å². The van der Waals surface area contributed by atoms with Crippen LogP contribution in [0, 0.1) is 11.7 Å². The third-order valence-corrected chi connectivity index (χ3v) is 4.53. The van der Waals surface area contributed by atoms with Gasteiger partial charge in [0, 0.05) is 25.2 Å². The van der Waals surface area contributed by atoms with Crippen LogP contribution in [0.25, 0.3) is 0 Å². The SMILES string of the molecule is CC(N)C1CCN(CC(=O)N(C)Cc2ccccc2F)CC1. The summed E-state index contributed by atoms with van der Waals surface area (Å²) in [6, 6.07) is 6.81. The van der Waals surface area contributed by atoms with Gasteiger partial charge in [0.2, 0.25) is 5.91 Å². The van der Waals surface area contributed by atoms with Crippen molar-refractivity contribution in [2.75, 3.05) is 26.7 Å². The van der Waals surface area contributed by atoms with E-state index in [-0.39, 0.29) is 17.8 Å². The average molecular weight is 307 g/mol. The molecule has 0 bridgehead atoms. The van der Waals surface area contributed by atoms with Crippen LogP contribution in [0.4, 0.5) is 4.39 Å². The molecule has 2 rings (SSSR count). The van der Waals surface area contributed by atoms with Crippen LogP contribution in [-0.4, -0.2) is 48.4 Å². The molecule has 0 aromatic heterocycles. The van der Waals surface area contributed by atoms with Gasteiger partial charge in [-0.05, 0) is 44.8 Å². The van der Waals surface area contributed by atoms with Gasteiger partial charge in [-0.3, -0.25) is 9.69 Å². The molecule has 1 amide bonds. The molecule has 22 heavy (non-hydrogen) atoms. The molecular weight excluding hydrogens is 281 g/mol. The van der Waals surface area contributed by atoms with E-state index in [4.69, 9.17) is 5.73 Å². The van der Waals surface area contributed by atoms with Crippen molar-refractivity contribution in [3.63, 3.8) is 0 Å². The maximum absolute atomic E-state index is 13.6. The number of carbonyl (C=O) groups is 1. The second-order valence-corrected chi connectivity index (χ2v) is 6.31. The minimum atomic E-state index is -0.264. The Morgan fingerprint density at radius 2 is 2.05 bits per heavy atom. The Morgan fingerprint density at radius 3 is 2.64 bits per heavy atom. The van der Waals surface area contributed by atoms with Crippen LogP contribution < -0.4 is 5.73 Å². The van der Waals surface area contributed by atoms with Crippen LogP contribution in [0.1, 0.15) is 25.3 Å². The molecule has 0 saturated carbocycles. The fourth-order valence-corrected chi connectivity index (χ4v) is 2.92. The standard InChI is InChI=1S/C17H26FN3O/c1-13(19)14-7-9-21(10-8-14)12-17(22)20(2)11-15-5-3-4-6-16(15)18/h3-6,13-14H,7-12,19H2,1-2H3. The first-order valence-corrected chi connectivity index (χ1v) is 7.92. The molecular formula is C17H26FN3O. The number of carbonyl (C=O) groups excluding carboxylic acids is 1. The topological polar surface area (TPSA) is 49.6 Å². The summed E-state index contributed by atoms with van der Waals surface area (Å²) >= 11 is 0. The van der Waals surface area contributed by atoms with Gasteiger partial charge < -0.3 is 10.6 Å². The Bertz CT molecular complexity index is 498. The third-order valence-electron chi connectivity index (χ3n) is 4.53. The van der Waals surface area contributed by atoms with E-state index in [1.165, 1.54) is 6.07 Å². The molecule has 1 unspecified atom stereocenters. The fraction of sp³-hybridized carbons (Fsp3) is 0.588. The smallest absolute Gasteiger partial charge is 0.236 e. The summed E-state index contributed by atoms with van der Waals surface area (Å²) in [5.41, 5.74) is 6.48. The molecule has 1 aromatic carbocycles. The summed E-state index contributed by atoms with van der Waals surface area (Å²) in [5.74, 6) is 0.324. The number of piperidine rings is 1. The molecule has 1 aliphatic heterocycles. The summed E-state index contributed by atoms with van der Waals surface area (Å²) in [5, 5.41) is 0. The second kappa shape index (κ2) is 7.70. The van der Waals surface area contributed by atoms with E-state index >= 15 is 0 Å². The van der Waals surface area contributed by atoms with Crippen molar-refractivity contribution >= 4 is 5.91 Å². The van der Waals surface area contributed by atoms with Crippen LogP contribution in [0.3, 0.4) is 0 Å². The zero-order chi connectivity index (χ0) is 16.1. The van der Waals surface area contributed by atoms with Gasteiger partial charge in [0.1, 0.15) is 5.82 Å². The third kappa shape index (κ3) is 4.52. The second-order valence-electron chi connectivity index (χ2n) is 6.31. The summed E-state index contributed by atoms with van der Waals surface area (Å²) in [6.07, 6.45) is 2.09. The van der Waals surface area contributed by atoms with Gasteiger partial charge in [0.25, 0.3) is 0 Å². The largest absolute Gasteiger partial charge is 0.340 e. The van der Waals surface area contributed by atoms with E-state index in [1.54, 1.807) is 30.1 Å². The summed E-state index contributed by atoms with van der Waals surface area (Å²) in [7, 11) is 1.73. The summed E-state index contributed by atoms with van der Waals surface area (Å²) in [6.45, 7) is 4.57. The molecule has 1 aromatic rings. The van der Waals surface area contributed by atoms with Crippen LogP contribution >= 0.6 is 0 Å². The number of amides is 1. The molecule has 4 nitrogen and oxygen atoms in total. The molecule has 1 heterocycles. The fourth-order valence-electron chi connectivity index (χ4n) is 2.92. The number of hydrogen-bond donors (Lipinski definition) is 1. The van der Waals surface area contributed by atoms with E-state index in [1.807, 2.05) is 6.92 Å². The quantitative estimate of drug-likeness (QED) is 0.903. The van der Waals surface area contributed by atoms with Crippen LogP contribution in [0.2, 0.25) is 0 Å². The van der Waals surface area contributed by atoms with Crippen molar-refractivity contribution in [3.05, 3.63) is 35.6 Å². The lowest BCUT2D eigenvalue weighted by molar-refractivity contribution is -0.132. The van der Waals surface area contributed by atoms with Crippen molar-refractivity contribution in [1.82, 2.24) is 9.80 Å². The summed E-state index contributed by atoms with van der Waals surface area (Å²) in [4.78, 5) is 16.0. The van der Waals surface area contributed by atoms with Crippen molar-refractivity contribution in [1.29, 1.82) is 0 Å². The minimum absolute atomic E-state index is 0.0301. The zero-order valence-corrected chi connectivity index (χ0v) is 13.5. The number of nitrogens with zero attached hydrogens (tertiary/aromatic N) is 2. The molecule has 1 atom stereocenters. The zero-order valence-electron chi connectivity index (χ0n) is 13.5. The van der Waals surface area contributed by atoms with Gasteiger partial charge in [0.05, 0.1) is 6.54 Å². The Labute approximate surface area is 132 Å². The number of likely N-dealkylation sites (N-methyl/N-ethyl adjacent to an activating group) is 1. The lowest BCUT2D eigenvalue weighted by Gasteiger charge is -2.34. The molecule has 1 saturated heterocycles. The lowest BCUT2D eigenvalue weighted by atomic mass is 9.91. The Balaban J connectivity index is 1.81. The van der Waals surface area contributed by atoms with Crippen LogP contribution in [0.5, 0.6) is 0 Å². The molecule has 1 fully saturated rings. The molecule has 2 N–H and O–H groups in total. The molecule has 5 heteroatoms. The van der Waals surface area contributed by atoms with Gasteiger partial charge in [-0.15, -0.1) is 0 Å². The van der Waals surface area contributed by atoms with Gasteiger partial charge in [-0.1, -0.05) is 18.2 Å². The van der Waals surface area contributed by atoms with Crippen molar-refractivity contribution in [3.8, 4) is 0 Å². The highest BCUT2D eigenvalue weighted by Gasteiger charge is 2.24. The van der Waals surface area contributed by atoms with Crippen molar-refractivity contribution < 1.29 is 9.18 Å². The number of rotatable bonds is 5. The minimum Gasteiger partial charge on any atom is -0.340 e. The molecule has 0 aliphatic carbocycles. The molecule has 0 radical (unpaired) electrons. The van der Waals surface area contributed by atoms with E-state index in [0.717, 1.165) is 25.9 Å². The number of halogens is 1. The van der Waals surface area contributed by atoms with Crippen LogP contribution in [-0.2, 0) is 11.3 Å². The number of nitrogens with two attached hydrogens (primary N) is 1. The van der Waals surface area contributed by atoms with E-state index < -0.39 is 0 Å². The molecule has 1 aliphatic rings.